The first-order valence-electron chi connectivity index (χ1n) is 22.0. The number of benzene rings is 2. The summed E-state index contributed by atoms with van der Waals surface area (Å²) >= 11 is 0. The third kappa shape index (κ3) is 9.05. The van der Waals surface area contributed by atoms with Gasteiger partial charge in [-0.3, -0.25) is 19.0 Å². The zero-order chi connectivity index (χ0) is 46.4. The Morgan fingerprint density at radius 1 is 0.788 bits per heavy atom. The highest BCUT2D eigenvalue weighted by atomic mass is 28.3. The number of nitrogens with one attached hydrogen (secondary N) is 3. The fourth-order valence-corrected chi connectivity index (χ4v) is 8.47. The van der Waals surface area contributed by atoms with E-state index in [1.165, 1.54) is 24.3 Å². The van der Waals surface area contributed by atoms with Crippen LogP contribution in [0.25, 0.3) is 66.9 Å². The van der Waals surface area contributed by atoms with Gasteiger partial charge in [-0.15, -0.1) is 0 Å². The second kappa shape index (κ2) is 18.1. The molecule has 8 heterocycles. The van der Waals surface area contributed by atoms with Gasteiger partial charge in [-0.05, 0) is 70.1 Å². The number of amides is 2. The second-order valence-electron chi connectivity index (χ2n) is 18.5. The second-order valence-corrected chi connectivity index (χ2v) is 24.1. The average Bonchev–Trinajstić information content (AvgIpc) is 4.00. The summed E-state index contributed by atoms with van der Waals surface area (Å²) in [5, 5.41) is 16.8. The number of fused-ring (bicyclic) bond motifs is 4. The molecule has 20 heteroatoms. The van der Waals surface area contributed by atoms with Gasteiger partial charge in [0.05, 0.1) is 73.1 Å². The largest absolute Gasteiger partial charge is 0.377 e. The number of halogens is 2. The van der Waals surface area contributed by atoms with Crippen LogP contribution in [0, 0.1) is 11.6 Å². The predicted octanol–water partition coefficient (Wildman–Crippen LogP) is 7.43. The third-order valence-electron chi connectivity index (χ3n) is 11.3. The Kier molecular flexibility index (Phi) is 12.2. The lowest BCUT2D eigenvalue weighted by molar-refractivity contribution is -0.0266. The lowest BCUT2D eigenvalue weighted by atomic mass is 10.1. The van der Waals surface area contributed by atoms with Crippen molar-refractivity contribution in [3.8, 4) is 22.8 Å². The lowest BCUT2D eigenvalue weighted by Crippen LogP contribution is -2.31. The Bertz CT molecular complexity index is 3110. The monoisotopic (exact) mass is 918 g/mol. The number of aromatic nitrogens is 10. The molecule has 2 amide bonds. The van der Waals surface area contributed by atoms with E-state index in [9.17, 15) is 18.4 Å². The Morgan fingerprint density at radius 3 is 1.83 bits per heavy atom. The standard InChI is InChI=1S/C26H33FN6O3Si.C20H19FN6O2/c1-16(2)29-26(34)20-12-32(15-35-8-9-37(3,4)5)25-24(20)30-21(11-28-25)23-19-7-6-17(27)10-22(19)33(31-23)18-13-36-14-18;1-10(2)24-20(28)14-6-22-19-18(14)25-15(7-23-19)17-13-4-3-11(21)5-16(13)27(26-17)12-8-29-9-12/h6-7,10-12,16,18H,8-9,13-15H2,1-5H3,(H,29,34);3-7,10,12H,8-9H2,1-2H3,(H,22,23)(H,24,28). The molecule has 0 bridgehead atoms. The highest BCUT2D eigenvalue weighted by molar-refractivity contribution is 6.76. The zero-order valence-electron chi connectivity index (χ0n) is 37.9. The summed E-state index contributed by atoms with van der Waals surface area (Å²) in [5.74, 6) is -1.11. The number of H-pyrrole nitrogens is 1. The van der Waals surface area contributed by atoms with Crippen LogP contribution in [-0.4, -0.2) is 114 Å². The van der Waals surface area contributed by atoms with Gasteiger partial charge in [0.1, 0.15) is 52.2 Å². The number of nitrogens with zero attached hydrogens (tertiary/aromatic N) is 9. The van der Waals surface area contributed by atoms with Gasteiger partial charge in [-0.25, -0.2) is 28.7 Å². The summed E-state index contributed by atoms with van der Waals surface area (Å²) in [7, 11) is -1.22. The van der Waals surface area contributed by atoms with E-state index in [2.05, 4.69) is 50.2 Å². The Morgan fingerprint density at radius 2 is 1.32 bits per heavy atom. The van der Waals surface area contributed by atoms with Gasteiger partial charge in [0.15, 0.2) is 11.3 Å². The van der Waals surface area contributed by atoms with E-state index in [0.717, 1.165) is 16.8 Å². The van der Waals surface area contributed by atoms with Gasteiger partial charge in [-0.2, -0.15) is 10.2 Å². The number of aromatic amines is 1. The summed E-state index contributed by atoms with van der Waals surface area (Å²) < 4.78 is 49.9. The number of rotatable bonds is 13. The van der Waals surface area contributed by atoms with E-state index in [1.54, 1.807) is 46.3 Å². The van der Waals surface area contributed by atoms with E-state index in [4.69, 9.17) is 29.4 Å². The fraction of sp³-hybridized carbons (Fsp3) is 0.391. The topological polar surface area (TPSA) is 194 Å². The van der Waals surface area contributed by atoms with Crippen LogP contribution in [0.3, 0.4) is 0 Å². The van der Waals surface area contributed by atoms with Gasteiger partial charge in [-0.1, -0.05) is 19.6 Å². The summed E-state index contributed by atoms with van der Waals surface area (Å²) in [6.45, 7) is 17.6. The molecule has 0 aliphatic carbocycles. The van der Waals surface area contributed by atoms with E-state index in [0.29, 0.717) is 100 Å². The molecule has 2 saturated heterocycles. The molecule has 3 N–H and O–H groups in total. The van der Waals surface area contributed by atoms with Crippen LogP contribution in [0.5, 0.6) is 0 Å². The molecular formula is C46H52F2N12O5Si. The minimum Gasteiger partial charge on any atom is -0.377 e. The zero-order valence-corrected chi connectivity index (χ0v) is 38.9. The molecule has 0 atom stereocenters. The molecule has 2 aliphatic heterocycles. The molecule has 17 nitrogen and oxygen atoms in total. The van der Waals surface area contributed by atoms with Crippen molar-refractivity contribution in [2.75, 3.05) is 33.0 Å². The van der Waals surface area contributed by atoms with Gasteiger partial charge in [0.2, 0.25) is 0 Å². The quantitative estimate of drug-likeness (QED) is 0.0769. The maximum Gasteiger partial charge on any atom is 0.255 e. The SMILES string of the molecule is CC(C)NC(=O)c1c[nH]c2ncc(-c3nn(C4COC4)c4cc(F)ccc34)nc12.CC(C)NC(=O)c1cn(COCC[Si](C)(C)C)c2ncc(-c3nn(C4COC4)c4cc(F)ccc34)nc12. The van der Waals surface area contributed by atoms with Crippen LogP contribution in [0.2, 0.25) is 25.7 Å². The first kappa shape index (κ1) is 44.7. The lowest BCUT2D eigenvalue weighted by Gasteiger charge is -2.26. The van der Waals surface area contributed by atoms with E-state index >= 15 is 0 Å². The van der Waals surface area contributed by atoms with Crippen molar-refractivity contribution in [2.45, 2.75) is 84.3 Å². The minimum atomic E-state index is -1.22. The number of hydrogen-bond acceptors (Lipinski definition) is 11. The van der Waals surface area contributed by atoms with Crippen molar-refractivity contribution < 1.29 is 32.6 Å². The summed E-state index contributed by atoms with van der Waals surface area (Å²) in [6.07, 6.45) is 6.61. The van der Waals surface area contributed by atoms with Crippen LogP contribution >= 0.6 is 0 Å². The Hall–Kier alpha value is -6.48. The van der Waals surface area contributed by atoms with Crippen LogP contribution < -0.4 is 10.6 Å². The molecule has 0 radical (unpaired) electrons. The summed E-state index contributed by atoms with van der Waals surface area (Å²) in [4.78, 5) is 47.2. The van der Waals surface area contributed by atoms with Crippen molar-refractivity contribution >= 4 is 64.0 Å². The minimum absolute atomic E-state index is 0.00262. The van der Waals surface area contributed by atoms with Gasteiger partial charge >= 0.3 is 0 Å². The number of carbonyl (C=O) groups excluding carboxylic acids is 2. The van der Waals surface area contributed by atoms with Crippen molar-refractivity contribution in [3.63, 3.8) is 0 Å². The smallest absolute Gasteiger partial charge is 0.255 e. The van der Waals surface area contributed by atoms with E-state index < -0.39 is 8.07 Å². The molecule has 0 unspecified atom stereocenters. The maximum absolute atomic E-state index is 14.1. The maximum atomic E-state index is 14.1. The first-order valence-corrected chi connectivity index (χ1v) is 25.7. The summed E-state index contributed by atoms with van der Waals surface area (Å²) in [5.41, 5.74) is 6.45. The molecule has 0 spiro atoms. The molecule has 8 aromatic rings. The Balaban J connectivity index is 0.000000171. The van der Waals surface area contributed by atoms with Crippen molar-refractivity contribution in [3.05, 3.63) is 83.9 Å². The first-order chi connectivity index (χ1) is 31.6. The molecule has 0 saturated carbocycles. The van der Waals surface area contributed by atoms with Gasteiger partial charge in [0.25, 0.3) is 11.8 Å². The average molecular weight is 919 g/mol. The highest BCUT2D eigenvalue weighted by Gasteiger charge is 2.29. The normalized spacial score (nSPS) is 14.6. The third-order valence-corrected chi connectivity index (χ3v) is 13.0. The molecule has 2 aliphatic rings. The fourth-order valence-electron chi connectivity index (χ4n) is 7.71. The van der Waals surface area contributed by atoms with Crippen molar-refractivity contribution in [1.82, 2.24) is 59.7 Å². The van der Waals surface area contributed by atoms with Crippen LogP contribution in [0.1, 0.15) is 60.5 Å². The van der Waals surface area contributed by atoms with Crippen molar-refractivity contribution in [2.24, 2.45) is 0 Å². The van der Waals surface area contributed by atoms with E-state index in [1.807, 2.05) is 32.3 Å². The van der Waals surface area contributed by atoms with Crippen LogP contribution in [0.4, 0.5) is 8.78 Å². The van der Waals surface area contributed by atoms with Gasteiger partial charge < -0.3 is 34.4 Å². The number of carbonyl (C=O) groups is 2. The molecule has 6 aromatic heterocycles. The molecule has 344 valence electrons. The Labute approximate surface area is 379 Å². The van der Waals surface area contributed by atoms with Crippen LogP contribution in [-0.2, 0) is 20.9 Å². The molecule has 10 rings (SSSR count). The molecule has 66 heavy (non-hydrogen) atoms. The van der Waals surface area contributed by atoms with Gasteiger partial charge in [0, 0.05) is 49.9 Å². The van der Waals surface area contributed by atoms with E-state index in [-0.39, 0.29) is 54.3 Å². The highest BCUT2D eigenvalue weighted by Crippen LogP contribution is 2.34. The number of hydrogen-bond donors (Lipinski definition) is 3. The molecular weight excluding hydrogens is 867 g/mol. The molecule has 2 fully saturated rings. The molecule has 2 aromatic carbocycles. The predicted molar refractivity (Wildman–Crippen MR) is 248 cm³/mol. The van der Waals surface area contributed by atoms with Crippen LogP contribution in [0.15, 0.2) is 61.2 Å². The summed E-state index contributed by atoms with van der Waals surface area (Å²) in [6, 6.07) is 10.3. The number of ether oxygens (including phenoxy) is 3. The van der Waals surface area contributed by atoms with Crippen molar-refractivity contribution in [1.29, 1.82) is 0 Å².